The Hall–Kier alpha value is -11.4. The van der Waals surface area contributed by atoms with E-state index >= 15 is 0 Å². The number of amides is 2. The standard InChI is InChI=1S/C32H39F3N2O5.C32H43F3N2O4.C32H42N2O5.C21H29NO4.Li.H2O/c1-18-10-21(13-23(11-18)32(33,34)35)26-19(2)37(29(40)42-26)17-22-15-30(3,4)9-8-24(22)25-12-20(16-36-27(25)41-7)14-31(5,6)28(38)39;1-19-11-22(14-24(12-19)32(33,34)35)27(38)20(2)36-18-23-16-30(3,4)10-9-25(23)26-13-21(17-37-28(26)40-7)15-31(5,6)29(39)41-8;1-20-10-9-11-23(14-20)27-21(2)34(30(36)39-27)19-24-17-31(3,4)13-12-25(24)26-15-22(18-33-28(26)37-7)16-32(5,6)29(35)38-8;1-20(2)8-7-16(15(11-20)13-23)17-9-14(12-22-18(17)25-5)10-21(3,4)19(24)26-6;;/h10-13,16,19,26H,8-9,14-15,17H2,1-7H3,(H,38,39);11-14,17,20,27,36,38H,9-10,15-16,18H2,1-8H3;9-11,14-15,18,21,27H,12-13,16-17,19H2,1-8H3;9,12-13H,7-8,10-11H2,1-6H3;;1H2/q;;;;+1;/p-1/t19-,26-;20-,27-;21-,27-;;;/m000.../s1. The summed E-state index contributed by atoms with van der Waals surface area (Å²) < 4.78 is 130. The number of aryl methyl sites for hydroxylation is 3. The van der Waals surface area contributed by atoms with Gasteiger partial charge in [0.1, 0.15) is 18.5 Å². The van der Waals surface area contributed by atoms with Crippen LogP contribution in [0.4, 0.5) is 35.9 Å². The molecule has 814 valence electrons. The number of allylic oxidation sites excluding steroid dienone is 5. The SMILES string of the molecule is COC(=O)C(C)(C)Cc1cnc(OC)c(C2=C(C=O)CC(C)(C)CC2)c1.COC(=O)C(C)(C)Cc1cnc(OC)c(C2=C(CN3C(=O)O[C@H](c4cccc(C)c4)[C@@H]3C)CC(C)(C)CC2)c1.COC(=O)C(C)(C)Cc1cnc(OC)c(C2=C(CN[C@@H](C)[C@H](O)c3cc(C)cc(C(F)(F)F)c3)CC(C)(C)CC2)c1.COc1ncc(CC(C)(C)C(=O)O)cc1C1=C(CN2C(=O)O[C@H](c3cc(C)cc(C(F)(F)F)c3)[C@@H]2C)CC(C)(C)CC1.[Li+].[OH-]. The number of ether oxygens (including phenoxy) is 9. The van der Waals surface area contributed by atoms with Crippen molar-refractivity contribution >= 4 is 64.6 Å². The number of cyclic esters (lactones) is 2. The van der Waals surface area contributed by atoms with Gasteiger partial charge in [0.05, 0.1) is 101 Å². The molecule has 6 atom stereocenters. The Morgan fingerprint density at radius 1 is 0.467 bits per heavy atom. The number of benzene rings is 3. The first kappa shape index (κ1) is 124. The van der Waals surface area contributed by atoms with Gasteiger partial charge in [0, 0.05) is 72.7 Å². The number of aliphatic hydroxyl groups excluding tert-OH is 1. The predicted octanol–water partition coefficient (Wildman–Crippen LogP) is 22.0. The Morgan fingerprint density at radius 2 is 0.793 bits per heavy atom. The summed E-state index contributed by atoms with van der Waals surface area (Å²) in [6.45, 7) is 44.1. The molecule has 0 radical (unpaired) electrons. The molecule has 4 aliphatic carbocycles. The molecule has 0 spiro atoms. The van der Waals surface area contributed by atoms with Crippen LogP contribution in [0.15, 0.2) is 132 Å². The maximum Gasteiger partial charge on any atom is 1.00 e. The zero-order valence-corrected chi connectivity index (χ0v) is 93.2. The van der Waals surface area contributed by atoms with Crippen molar-refractivity contribution in [2.45, 2.75) is 304 Å². The molecule has 3 aromatic carbocycles. The van der Waals surface area contributed by atoms with Gasteiger partial charge in [-0.15, -0.1) is 0 Å². The van der Waals surface area contributed by atoms with Crippen molar-refractivity contribution in [2.24, 2.45) is 43.3 Å². The topological polar surface area (TPSA) is 343 Å². The van der Waals surface area contributed by atoms with Crippen LogP contribution in [-0.4, -0.2) is 175 Å². The largest absolute Gasteiger partial charge is 1.00 e. The fourth-order valence-electron chi connectivity index (χ4n) is 21.0. The molecule has 2 aliphatic heterocycles. The van der Waals surface area contributed by atoms with E-state index in [-0.39, 0.29) is 101 Å². The Balaban J connectivity index is 0.000000245. The number of carboxylic acid groups (broad SMARTS) is 1. The zero-order chi connectivity index (χ0) is 110. The number of nitrogens with zero attached hydrogens (tertiary/aromatic N) is 6. The second-order valence-corrected chi connectivity index (χ2v) is 46.5. The minimum absolute atomic E-state index is 0. The van der Waals surface area contributed by atoms with Gasteiger partial charge in [-0.1, -0.05) is 114 Å². The van der Waals surface area contributed by atoms with Gasteiger partial charge in [-0.2, -0.15) is 26.3 Å². The summed E-state index contributed by atoms with van der Waals surface area (Å²) in [5.74, 6) is 0.229. The Labute approximate surface area is 892 Å². The van der Waals surface area contributed by atoms with Crippen LogP contribution in [0, 0.1) is 64.1 Å². The first-order chi connectivity index (χ1) is 68.9. The van der Waals surface area contributed by atoms with Gasteiger partial charge in [-0.3, -0.25) is 33.8 Å². The second kappa shape index (κ2) is 50.0. The molecule has 4 N–H and O–H groups in total. The number of esters is 3. The van der Waals surface area contributed by atoms with Gasteiger partial charge in [-0.05, 0) is 348 Å². The third kappa shape index (κ3) is 31.2. The molecule has 2 saturated heterocycles. The molecule has 4 aromatic heterocycles. The summed E-state index contributed by atoms with van der Waals surface area (Å²) in [4.78, 5) is 108. The van der Waals surface area contributed by atoms with E-state index in [4.69, 9.17) is 42.6 Å². The fraction of sp³-hybridized carbons (Fsp3) is 0.547. The Kier molecular flexibility index (Phi) is 41.2. The number of aliphatic hydroxyl groups is 1. The molecule has 150 heavy (non-hydrogen) atoms. The van der Waals surface area contributed by atoms with Crippen molar-refractivity contribution in [3.63, 3.8) is 0 Å². The number of halogens is 6. The molecule has 33 heteroatoms. The fourth-order valence-corrected chi connectivity index (χ4v) is 21.0. The smallest absolute Gasteiger partial charge is 0.870 e. The molecule has 0 unspecified atom stereocenters. The molecule has 0 bridgehead atoms. The van der Waals surface area contributed by atoms with Crippen molar-refractivity contribution in [2.75, 3.05) is 69.4 Å². The van der Waals surface area contributed by atoms with E-state index in [0.29, 0.717) is 85.4 Å². The number of carbonyl (C=O) groups excluding carboxylic acids is 6. The number of pyridine rings is 4. The van der Waals surface area contributed by atoms with Gasteiger partial charge in [0.2, 0.25) is 23.5 Å². The van der Waals surface area contributed by atoms with Gasteiger partial charge in [0.15, 0.2) is 0 Å². The summed E-state index contributed by atoms with van der Waals surface area (Å²) in [6, 6.07) is 22.5. The summed E-state index contributed by atoms with van der Waals surface area (Å²) in [5.41, 5.74) is 14.4. The molecular formula is C117H154F6LiN7O19. The molecule has 6 heterocycles. The number of carboxylic acids is 1. The number of methoxy groups -OCH3 is 7. The van der Waals surface area contributed by atoms with Gasteiger partial charge >= 0.3 is 67.3 Å². The Bertz CT molecular complexity index is 6170. The number of aromatic nitrogens is 4. The molecular weight excluding hydrogens is 1930 g/mol. The van der Waals surface area contributed by atoms with Crippen molar-refractivity contribution < 1.29 is 137 Å². The van der Waals surface area contributed by atoms with Crippen LogP contribution in [0.1, 0.15) is 316 Å². The Morgan fingerprint density at radius 3 is 1.15 bits per heavy atom. The van der Waals surface area contributed by atoms with Crippen LogP contribution in [-0.2, 0) is 85.7 Å². The summed E-state index contributed by atoms with van der Waals surface area (Å²) >= 11 is 0. The summed E-state index contributed by atoms with van der Waals surface area (Å²) in [7, 11) is 10.5. The first-order valence-corrected chi connectivity index (χ1v) is 50.6. The van der Waals surface area contributed by atoms with E-state index < -0.39 is 81.5 Å². The van der Waals surface area contributed by atoms with Crippen LogP contribution in [0.2, 0.25) is 0 Å². The van der Waals surface area contributed by atoms with Crippen molar-refractivity contribution in [1.29, 1.82) is 0 Å². The minimum atomic E-state index is -4.51. The maximum atomic E-state index is 13.5. The van der Waals surface area contributed by atoms with Crippen LogP contribution in [0.5, 0.6) is 23.5 Å². The minimum Gasteiger partial charge on any atom is -0.870 e. The number of nitrogens with one attached hydrogen (secondary N) is 1. The third-order valence-electron chi connectivity index (χ3n) is 29.4. The van der Waals surface area contributed by atoms with E-state index in [0.717, 1.165) is 189 Å². The molecule has 7 aromatic rings. The van der Waals surface area contributed by atoms with E-state index in [1.807, 2.05) is 89.8 Å². The van der Waals surface area contributed by atoms with E-state index in [1.165, 1.54) is 34.0 Å². The normalized spacial score (nSPS) is 19.0. The monoisotopic (exact) mass is 2080 g/mol. The van der Waals surface area contributed by atoms with E-state index in [9.17, 15) is 70.1 Å². The quantitative estimate of drug-likeness (QED) is 0.0116. The molecule has 2 amide bonds. The van der Waals surface area contributed by atoms with Crippen molar-refractivity contribution in [1.82, 2.24) is 35.1 Å². The van der Waals surface area contributed by atoms with E-state index in [2.05, 4.69) is 99.7 Å². The van der Waals surface area contributed by atoms with Gasteiger partial charge in [0.25, 0.3) is 0 Å². The van der Waals surface area contributed by atoms with Crippen molar-refractivity contribution in [3.05, 3.63) is 221 Å². The average molecular weight is 2080 g/mol. The number of hydrogen-bond donors (Lipinski definition) is 3. The maximum absolute atomic E-state index is 13.5. The number of alkyl halides is 6. The summed E-state index contributed by atoms with van der Waals surface area (Å²) in [5, 5.41) is 24.0. The molecule has 13 rings (SSSR count). The molecule has 0 saturated carbocycles. The first-order valence-electron chi connectivity index (χ1n) is 50.6. The number of hydrogen-bond acceptors (Lipinski definition) is 23. The number of aldehydes is 1. The average Bonchev–Trinajstić information content (AvgIpc) is 1.55. The molecule has 2 fully saturated rings. The number of aliphatic carboxylic acids is 1. The van der Waals surface area contributed by atoms with Gasteiger partial charge < -0.3 is 63.6 Å². The second-order valence-electron chi connectivity index (χ2n) is 46.5. The van der Waals surface area contributed by atoms with Gasteiger partial charge in [-0.25, -0.2) is 29.5 Å². The summed E-state index contributed by atoms with van der Waals surface area (Å²) in [6.07, 6.45) is 7.40. The third-order valence-corrected chi connectivity index (χ3v) is 29.4. The van der Waals surface area contributed by atoms with Crippen molar-refractivity contribution in [3.8, 4) is 23.5 Å². The predicted molar refractivity (Wildman–Crippen MR) is 560 cm³/mol. The van der Waals surface area contributed by atoms with Crippen LogP contribution >= 0.6 is 0 Å². The number of rotatable bonds is 32. The van der Waals surface area contributed by atoms with Crippen LogP contribution in [0.3, 0.4) is 0 Å². The molecule has 26 nitrogen and oxygen atoms in total. The zero-order valence-electron chi connectivity index (χ0n) is 93.2. The van der Waals surface area contributed by atoms with E-state index in [1.54, 1.807) is 105 Å². The number of carbonyl (C=O) groups is 7. The van der Waals surface area contributed by atoms with Crippen LogP contribution < -0.4 is 43.1 Å². The molecule has 6 aliphatic rings. The van der Waals surface area contributed by atoms with Crippen LogP contribution in [0.25, 0.3) is 22.3 Å².